The van der Waals surface area contributed by atoms with E-state index in [4.69, 9.17) is 5.11 Å². The molecule has 1 rings (SSSR count). The van der Waals surface area contributed by atoms with Crippen LogP contribution in [-0.2, 0) is 21.2 Å². The van der Waals surface area contributed by atoms with Crippen molar-refractivity contribution in [2.45, 2.75) is 43.7 Å². The summed E-state index contributed by atoms with van der Waals surface area (Å²) in [6, 6.07) is 4.66. The number of carbonyl (C=O) groups is 1. The topological polar surface area (TPSA) is 104 Å². The zero-order valence-corrected chi connectivity index (χ0v) is 12.2. The average molecular weight is 301 g/mol. The van der Waals surface area contributed by atoms with Gasteiger partial charge in [0.2, 0.25) is 10.0 Å². The van der Waals surface area contributed by atoms with Crippen LogP contribution in [0.2, 0.25) is 0 Å². The molecule has 0 aromatic heterocycles. The first-order valence-corrected chi connectivity index (χ1v) is 7.78. The highest BCUT2D eigenvalue weighted by molar-refractivity contribution is 7.89. The number of nitrogens with one attached hydrogen (secondary N) is 1. The summed E-state index contributed by atoms with van der Waals surface area (Å²) in [7, 11) is -3.97. The van der Waals surface area contributed by atoms with Gasteiger partial charge < -0.3 is 10.2 Å². The molecule has 20 heavy (non-hydrogen) atoms. The number of hydrogen-bond donors (Lipinski definition) is 3. The number of carboxylic acids is 1. The van der Waals surface area contributed by atoms with Gasteiger partial charge in [-0.3, -0.25) is 4.79 Å². The molecule has 2 atom stereocenters. The second kappa shape index (κ2) is 6.83. The van der Waals surface area contributed by atoms with Crippen molar-refractivity contribution in [3.05, 3.63) is 29.8 Å². The molecule has 0 aliphatic heterocycles. The van der Waals surface area contributed by atoms with Gasteiger partial charge >= 0.3 is 5.97 Å². The highest BCUT2D eigenvalue weighted by atomic mass is 32.2. The monoisotopic (exact) mass is 301 g/mol. The van der Waals surface area contributed by atoms with E-state index in [2.05, 4.69) is 0 Å². The van der Waals surface area contributed by atoms with Crippen molar-refractivity contribution in [1.82, 2.24) is 4.72 Å². The SMILES string of the molecule is CCCc1ccc(S(=O)(=O)N[C@H](C(=O)O)[C@@H](C)O)cc1. The molecule has 0 unspecified atom stereocenters. The summed E-state index contributed by atoms with van der Waals surface area (Å²) in [5.41, 5.74) is 1.01. The molecule has 0 aliphatic carbocycles. The van der Waals surface area contributed by atoms with E-state index in [1.165, 1.54) is 19.1 Å². The summed E-state index contributed by atoms with van der Waals surface area (Å²) in [4.78, 5) is 10.9. The minimum atomic E-state index is -3.97. The van der Waals surface area contributed by atoms with Gasteiger partial charge in [-0.2, -0.15) is 4.72 Å². The highest BCUT2D eigenvalue weighted by Gasteiger charge is 2.29. The average Bonchev–Trinajstić information content (AvgIpc) is 2.36. The Morgan fingerprint density at radius 2 is 1.85 bits per heavy atom. The molecular formula is C13H19NO5S. The maximum Gasteiger partial charge on any atom is 0.324 e. The van der Waals surface area contributed by atoms with Crippen molar-refractivity contribution in [3.63, 3.8) is 0 Å². The van der Waals surface area contributed by atoms with Crippen LogP contribution in [-0.4, -0.2) is 36.7 Å². The van der Waals surface area contributed by atoms with E-state index in [1.54, 1.807) is 12.1 Å². The van der Waals surface area contributed by atoms with Gasteiger partial charge in [0.25, 0.3) is 0 Å². The van der Waals surface area contributed by atoms with Crippen LogP contribution in [0.3, 0.4) is 0 Å². The van der Waals surface area contributed by atoms with Crippen molar-refractivity contribution in [2.75, 3.05) is 0 Å². The summed E-state index contributed by atoms with van der Waals surface area (Å²) >= 11 is 0. The molecule has 0 radical (unpaired) electrons. The first kappa shape index (κ1) is 16.6. The molecule has 0 spiro atoms. The number of aliphatic carboxylic acids is 1. The van der Waals surface area contributed by atoms with Gasteiger partial charge in [-0.1, -0.05) is 25.5 Å². The van der Waals surface area contributed by atoms with Crippen LogP contribution in [0.4, 0.5) is 0 Å². The highest BCUT2D eigenvalue weighted by Crippen LogP contribution is 2.13. The van der Waals surface area contributed by atoms with Gasteiger partial charge in [0.15, 0.2) is 0 Å². The Morgan fingerprint density at radius 1 is 1.30 bits per heavy atom. The lowest BCUT2D eigenvalue weighted by Gasteiger charge is -2.17. The Hall–Kier alpha value is -1.44. The molecule has 6 nitrogen and oxygen atoms in total. The van der Waals surface area contributed by atoms with Gasteiger partial charge in [0.05, 0.1) is 11.0 Å². The minimum absolute atomic E-state index is 0.0238. The molecule has 0 fully saturated rings. The van der Waals surface area contributed by atoms with Crippen molar-refractivity contribution in [3.8, 4) is 0 Å². The molecule has 3 N–H and O–H groups in total. The van der Waals surface area contributed by atoms with E-state index < -0.39 is 28.1 Å². The van der Waals surface area contributed by atoms with E-state index in [0.717, 1.165) is 18.4 Å². The van der Waals surface area contributed by atoms with Gasteiger partial charge in [0, 0.05) is 0 Å². The van der Waals surface area contributed by atoms with Crippen LogP contribution in [0.5, 0.6) is 0 Å². The maximum absolute atomic E-state index is 12.0. The first-order chi connectivity index (χ1) is 9.27. The normalized spacial score (nSPS) is 14.8. The Kier molecular flexibility index (Phi) is 5.67. The number of rotatable bonds is 7. The van der Waals surface area contributed by atoms with Crippen molar-refractivity contribution >= 4 is 16.0 Å². The van der Waals surface area contributed by atoms with Crippen LogP contribution < -0.4 is 4.72 Å². The van der Waals surface area contributed by atoms with Crippen molar-refractivity contribution in [2.24, 2.45) is 0 Å². The molecule has 7 heteroatoms. The largest absolute Gasteiger partial charge is 0.480 e. The van der Waals surface area contributed by atoms with E-state index in [9.17, 15) is 18.3 Å². The van der Waals surface area contributed by atoms with E-state index in [-0.39, 0.29) is 4.90 Å². The fraction of sp³-hybridized carbons (Fsp3) is 0.462. The molecular weight excluding hydrogens is 282 g/mol. The van der Waals surface area contributed by atoms with Crippen LogP contribution >= 0.6 is 0 Å². The van der Waals surface area contributed by atoms with Crippen molar-refractivity contribution in [1.29, 1.82) is 0 Å². The molecule has 1 aromatic carbocycles. The first-order valence-electron chi connectivity index (χ1n) is 6.30. The summed E-state index contributed by atoms with van der Waals surface area (Å²) in [5, 5.41) is 18.2. The minimum Gasteiger partial charge on any atom is -0.480 e. The molecule has 0 saturated carbocycles. The fourth-order valence-electron chi connectivity index (χ4n) is 1.71. The number of aryl methyl sites for hydroxylation is 1. The molecule has 112 valence electrons. The fourth-order valence-corrected chi connectivity index (χ4v) is 2.98. The zero-order valence-electron chi connectivity index (χ0n) is 11.4. The van der Waals surface area contributed by atoms with E-state index in [1.807, 2.05) is 11.6 Å². The predicted molar refractivity (Wildman–Crippen MR) is 73.9 cm³/mol. The van der Waals surface area contributed by atoms with Gasteiger partial charge in [-0.25, -0.2) is 8.42 Å². The third kappa shape index (κ3) is 4.29. The van der Waals surface area contributed by atoms with Gasteiger partial charge in [-0.05, 0) is 31.0 Å². The lowest BCUT2D eigenvalue weighted by atomic mass is 10.1. The Balaban J connectivity index is 2.95. The number of carboxylic acid groups (broad SMARTS) is 1. The number of benzene rings is 1. The summed E-state index contributed by atoms with van der Waals surface area (Å²) in [5.74, 6) is -1.42. The Morgan fingerprint density at radius 3 is 2.25 bits per heavy atom. The lowest BCUT2D eigenvalue weighted by molar-refractivity contribution is -0.141. The van der Waals surface area contributed by atoms with Crippen LogP contribution in [0.25, 0.3) is 0 Å². The van der Waals surface area contributed by atoms with Crippen LogP contribution in [0, 0.1) is 0 Å². The predicted octanol–water partition coefficient (Wildman–Crippen LogP) is 0.751. The molecule has 1 aromatic rings. The third-order valence-electron chi connectivity index (χ3n) is 2.80. The number of hydrogen-bond acceptors (Lipinski definition) is 4. The van der Waals surface area contributed by atoms with E-state index in [0.29, 0.717) is 0 Å². The molecule has 0 heterocycles. The smallest absolute Gasteiger partial charge is 0.324 e. The molecule has 0 aliphatic rings. The third-order valence-corrected chi connectivity index (χ3v) is 4.26. The molecule has 0 bridgehead atoms. The van der Waals surface area contributed by atoms with E-state index >= 15 is 0 Å². The van der Waals surface area contributed by atoms with Crippen molar-refractivity contribution < 1.29 is 23.4 Å². The maximum atomic E-state index is 12.0. The number of aliphatic hydroxyl groups is 1. The zero-order chi connectivity index (χ0) is 15.3. The number of sulfonamides is 1. The van der Waals surface area contributed by atoms with Gasteiger partial charge in [-0.15, -0.1) is 0 Å². The summed E-state index contributed by atoms with van der Waals surface area (Å²) < 4.78 is 26.1. The molecule has 0 amide bonds. The standard InChI is InChI=1S/C13H19NO5S/c1-3-4-10-5-7-11(8-6-10)20(18,19)14-12(9(2)15)13(16)17/h5-9,12,14-15H,3-4H2,1-2H3,(H,16,17)/t9-,12+/m1/s1. The Bertz CT molecular complexity index is 551. The summed E-state index contributed by atoms with van der Waals surface area (Å²) in [6.45, 7) is 3.23. The quantitative estimate of drug-likeness (QED) is 0.689. The van der Waals surface area contributed by atoms with Crippen LogP contribution in [0.1, 0.15) is 25.8 Å². The Labute approximate surface area is 118 Å². The summed E-state index contributed by atoms with van der Waals surface area (Å²) in [6.07, 6.45) is 0.466. The van der Waals surface area contributed by atoms with Gasteiger partial charge in [0.1, 0.15) is 6.04 Å². The second-order valence-electron chi connectivity index (χ2n) is 4.57. The molecule has 0 saturated heterocycles. The van der Waals surface area contributed by atoms with Crippen LogP contribution in [0.15, 0.2) is 29.2 Å². The number of aliphatic hydroxyl groups excluding tert-OH is 1. The lowest BCUT2D eigenvalue weighted by Crippen LogP contribution is -2.47. The second-order valence-corrected chi connectivity index (χ2v) is 6.29.